The first-order valence-electron chi connectivity index (χ1n) is 22.2. The predicted molar refractivity (Wildman–Crippen MR) is 267 cm³/mol. The highest BCUT2D eigenvalue weighted by Gasteiger charge is 2.33. The van der Waals surface area contributed by atoms with Gasteiger partial charge in [-0.2, -0.15) is 10.5 Å². The van der Waals surface area contributed by atoms with Crippen LogP contribution in [0.5, 0.6) is 0 Å². The molecule has 0 aliphatic heterocycles. The Bertz CT molecular complexity index is 2820. The second kappa shape index (κ2) is 20.7. The largest absolute Gasteiger partial charge is 0.314 e. The standard InChI is InChI=1S/C55H42N4.2C2H6/c1-2-13-44-28-35-54(59(46-31-24-40(38-57)25-32-46)53-21-12-10-19-49(53)42-16-7-4-8-17-42)50-34-27-43-26-33-47(36-51(43)55(44)50)58(45-29-22-39(37-56)23-30-45)52-20-11-9-18-48(52)41-14-5-3-6-15-41;2*1-2/h2-7,9-16,18-35,51H,8,17,36H2,1H3;2*1-2H3/b13-2-;;. The number of hydrogen-bond acceptors (Lipinski definition) is 4. The van der Waals surface area contributed by atoms with Crippen LogP contribution < -0.4 is 9.80 Å². The van der Waals surface area contributed by atoms with Crippen molar-refractivity contribution in [3.05, 3.63) is 227 Å². The molecule has 4 heteroatoms. The van der Waals surface area contributed by atoms with Crippen LogP contribution in [0.1, 0.15) is 93.2 Å². The monoisotopic (exact) mass is 818 g/mol. The first kappa shape index (κ1) is 43.4. The molecular weight excluding hydrogens is 765 g/mol. The van der Waals surface area contributed by atoms with E-state index in [1.54, 1.807) is 0 Å². The van der Waals surface area contributed by atoms with Crippen LogP contribution in [0.15, 0.2) is 193 Å². The molecule has 1 unspecified atom stereocenters. The van der Waals surface area contributed by atoms with Gasteiger partial charge in [0.1, 0.15) is 0 Å². The van der Waals surface area contributed by atoms with Crippen LogP contribution >= 0.6 is 0 Å². The molecule has 0 saturated heterocycles. The van der Waals surface area contributed by atoms with Gasteiger partial charge in [0.15, 0.2) is 0 Å². The van der Waals surface area contributed by atoms with E-state index in [0.717, 1.165) is 64.5 Å². The molecule has 9 rings (SSSR count). The molecule has 63 heavy (non-hydrogen) atoms. The lowest BCUT2D eigenvalue weighted by molar-refractivity contribution is 0.759. The number of anilines is 5. The van der Waals surface area contributed by atoms with Crippen LogP contribution in [0.3, 0.4) is 0 Å². The van der Waals surface area contributed by atoms with Crippen LogP contribution in [-0.2, 0) is 0 Å². The van der Waals surface area contributed by atoms with Gasteiger partial charge in [-0.05, 0) is 127 Å². The maximum absolute atomic E-state index is 9.75. The molecule has 0 bridgehead atoms. The van der Waals surface area contributed by atoms with Gasteiger partial charge in [-0.15, -0.1) is 0 Å². The summed E-state index contributed by atoms with van der Waals surface area (Å²) in [7, 11) is 0. The fourth-order valence-corrected chi connectivity index (χ4v) is 8.75. The molecule has 4 nitrogen and oxygen atoms in total. The Balaban J connectivity index is 0.00000145. The number of nitriles is 2. The summed E-state index contributed by atoms with van der Waals surface area (Å²) in [5.41, 5.74) is 17.4. The first-order valence-corrected chi connectivity index (χ1v) is 22.2. The summed E-state index contributed by atoms with van der Waals surface area (Å²) in [5, 5.41) is 19.5. The minimum atomic E-state index is 0.0650. The van der Waals surface area contributed by atoms with Crippen LogP contribution in [0.2, 0.25) is 0 Å². The maximum Gasteiger partial charge on any atom is 0.0991 e. The van der Waals surface area contributed by atoms with Crippen molar-refractivity contribution in [2.24, 2.45) is 0 Å². The summed E-state index contributed by atoms with van der Waals surface area (Å²) < 4.78 is 0. The molecule has 0 heterocycles. The average molecular weight is 819 g/mol. The van der Waals surface area contributed by atoms with Gasteiger partial charge >= 0.3 is 0 Å². The zero-order chi connectivity index (χ0) is 44.1. The van der Waals surface area contributed by atoms with Crippen LogP contribution in [0.25, 0.3) is 28.9 Å². The summed E-state index contributed by atoms with van der Waals surface area (Å²) in [4.78, 5) is 4.76. The number of rotatable bonds is 9. The van der Waals surface area contributed by atoms with Crippen molar-refractivity contribution in [3.8, 4) is 23.3 Å². The van der Waals surface area contributed by atoms with E-state index >= 15 is 0 Å². The lowest BCUT2D eigenvalue weighted by Gasteiger charge is -2.38. The van der Waals surface area contributed by atoms with E-state index in [-0.39, 0.29) is 5.92 Å². The van der Waals surface area contributed by atoms with Gasteiger partial charge in [0.05, 0.1) is 40.3 Å². The topological polar surface area (TPSA) is 54.1 Å². The molecule has 310 valence electrons. The summed E-state index contributed by atoms with van der Waals surface area (Å²) in [5.74, 6) is 0.0650. The van der Waals surface area contributed by atoms with Crippen LogP contribution in [0.4, 0.5) is 28.4 Å². The third kappa shape index (κ3) is 9.04. The van der Waals surface area contributed by atoms with Crippen molar-refractivity contribution < 1.29 is 0 Å². The Hall–Kier alpha value is -7.66. The van der Waals surface area contributed by atoms with Gasteiger partial charge in [-0.1, -0.05) is 149 Å². The predicted octanol–water partition coefficient (Wildman–Crippen LogP) is 16.5. The van der Waals surface area contributed by atoms with Crippen LogP contribution in [-0.4, -0.2) is 0 Å². The molecule has 0 saturated carbocycles. The van der Waals surface area contributed by atoms with Gasteiger partial charge in [0.2, 0.25) is 0 Å². The zero-order valence-electron chi connectivity index (χ0n) is 37.0. The summed E-state index contributed by atoms with van der Waals surface area (Å²) in [6.45, 7) is 10.1. The molecule has 3 aliphatic rings. The van der Waals surface area contributed by atoms with Crippen molar-refractivity contribution in [1.29, 1.82) is 10.5 Å². The third-order valence-electron chi connectivity index (χ3n) is 11.5. The number of nitrogens with zero attached hydrogens (tertiary/aromatic N) is 4. The molecular formula is C59H54N4. The number of benzene rings is 6. The highest BCUT2D eigenvalue weighted by molar-refractivity contribution is 5.92. The number of para-hydroxylation sites is 2. The van der Waals surface area contributed by atoms with E-state index in [0.29, 0.717) is 11.1 Å². The third-order valence-corrected chi connectivity index (χ3v) is 11.5. The van der Waals surface area contributed by atoms with Crippen molar-refractivity contribution in [3.63, 3.8) is 0 Å². The molecule has 6 aromatic rings. The van der Waals surface area contributed by atoms with E-state index in [1.165, 1.54) is 33.4 Å². The second-order valence-corrected chi connectivity index (χ2v) is 15.0. The average Bonchev–Trinajstić information content (AvgIpc) is 3.37. The minimum absolute atomic E-state index is 0.0650. The molecule has 0 fully saturated rings. The van der Waals surface area contributed by atoms with E-state index in [1.807, 2.05) is 52.0 Å². The Kier molecular flexibility index (Phi) is 14.3. The van der Waals surface area contributed by atoms with Crippen molar-refractivity contribution in [2.45, 2.75) is 59.8 Å². The van der Waals surface area contributed by atoms with E-state index in [2.05, 4.69) is 199 Å². The smallest absolute Gasteiger partial charge is 0.0991 e. The first-order chi connectivity index (χ1) is 31.1. The number of allylic oxidation sites excluding steroid dienone is 10. The normalized spacial score (nSPS) is 14.5. The fraction of sp³-hybridized carbons (Fsp3) is 0.153. The van der Waals surface area contributed by atoms with Gasteiger partial charge in [-0.25, -0.2) is 0 Å². The highest BCUT2D eigenvalue weighted by atomic mass is 15.2. The van der Waals surface area contributed by atoms with Crippen LogP contribution in [0, 0.1) is 22.7 Å². The number of fused-ring (bicyclic) bond motifs is 3. The molecule has 3 aliphatic carbocycles. The van der Waals surface area contributed by atoms with Crippen molar-refractivity contribution in [2.75, 3.05) is 9.80 Å². The summed E-state index contributed by atoms with van der Waals surface area (Å²) >= 11 is 0. The lowest BCUT2D eigenvalue weighted by Crippen LogP contribution is -2.23. The number of hydrogen-bond donors (Lipinski definition) is 0. The van der Waals surface area contributed by atoms with Crippen molar-refractivity contribution in [1.82, 2.24) is 0 Å². The summed E-state index contributed by atoms with van der Waals surface area (Å²) in [6, 6.07) is 52.9. The Morgan fingerprint density at radius 3 is 1.81 bits per heavy atom. The maximum atomic E-state index is 9.75. The fourth-order valence-electron chi connectivity index (χ4n) is 8.75. The highest BCUT2D eigenvalue weighted by Crippen LogP contribution is 2.51. The molecule has 0 spiro atoms. The molecule has 1 atom stereocenters. The van der Waals surface area contributed by atoms with Gasteiger partial charge in [0, 0.05) is 39.7 Å². The molecule has 6 aromatic carbocycles. The van der Waals surface area contributed by atoms with Gasteiger partial charge < -0.3 is 9.80 Å². The van der Waals surface area contributed by atoms with E-state index in [4.69, 9.17) is 0 Å². The molecule has 0 aromatic heterocycles. The summed E-state index contributed by atoms with van der Waals surface area (Å²) in [6.07, 6.45) is 22.9. The quantitative estimate of drug-likeness (QED) is 0.146. The molecule has 0 N–H and O–H groups in total. The SMILES string of the molecule is C/C=C\c1ccc(N(c2ccc(C#N)cc2)c2ccccc2C2=CC=CCC2)c2c1C1CC(N(c3ccc(C#N)cc3)c3ccccc3-c3ccccc3)=CC=C1C=C2.CC.CC. The van der Waals surface area contributed by atoms with E-state index in [9.17, 15) is 10.5 Å². The second-order valence-electron chi connectivity index (χ2n) is 15.0. The van der Waals surface area contributed by atoms with Gasteiger partial charge in [0.25, 0.3) is 0 Å². The Labute approximate surface area is 374 Å². The molecule has 0 radical (unpaired) electrons. The lowest BCUT2D eigenvalue weighted by atomic mass is 9.75. The van der Waals surface area contributed by atoms with Gasteiger partial charge in [-0.3, -0.25) is 0 Å². The Morgan fingerprint density at radius 1 is 0.587 bits per heavy atom. The zero-order valence-corrected chi connectivity index (χ0v) is 37.0. The van der Waals surface area contributed by atoms with E-state index < -0.39 is 0 Å². The molecule has 0 amide bonds. The Morgan fingerprint density at radius 2 is 1.19 bits per heavy atom. The van der Waals surface area contributed by atoms with Crippen molar-refractivity contribution >= 4 is 46.2 Å². The minimum Gasteiger partial charge on any atom is -0.314 e.